The van der Waals surface area contributed by atoms with Gasteiger partial charge in [-0.15, -0.1) is 11.3 Å². The van der Waals surface area contributed by atoms with Gasteiger partial charge in [-0.2, -0.15) is 0 Å². The zero-order chi connectivity index (χ0) is 17.6. The van der Waals surface area contributed by atoms with Crippen molar-refractivity contribution in [1.82, 2.24) is 9.88 Å². The van der Waals surface area contributed by atoms with Crippen LogP contribution < -0.4 is 4.74 Å². The summed E-state index contributed by atoms with van der Waals surface area (Å²) in [4.78, 5) is 18.3. The van der Waals surface area contributed by atoms with E-state index in [0.29, 0.717) is 12.3 Å². The summed E-state index contributed by atoms with van der Waals surface area (Å²) in [5.41, 5.74) is 3.17. The standard InChI is InChI=1S/C20H20N2O2S/c1-15-14-25-20(21-15)17-8-10-18(11-9-17)24-13-19(23)22(2)12-16-6-4-3-5-7-16/h3-11,14H,12-13H2,1-2H3. The van der Waals surface area contributed by atoms with E-state index < -0.39 is 0 Å². The van der Waals surface area contributed by atoms with Crippen LogP contribution in [0, 0.1) is 6.92 Å². The summed E-state index contributed by atoms with van der Waals surface area (Å²) >= 11 is 1.62. The van der Waals surface area contributed by atoms with E-state index in [2.05, 4.69) is 4.98 Å². The molecule has 3 aromatic rings. The van der Waals surface area contributed by atoms with Crippen LogP contribution in [0.5, 0.6) is 5.75 Å². The molecule has 1 heterocycles. The molecule has 4 nitrogen and oxygen atoms in total. The van der Waals surface area contributed by atoms with Crippen molar-refractivity contribution in [2.45, 2.75) is 13.5 Å². The highest BCUT2D eigenvalue weighted by Gasteiger charge is 2.10. The van der Waals surface area contributed by atoms with Gasteiger partial charge in [-0.05, 0) is 36.8 Å². The van der Waals surface area contributed by atoms with E-state index in [9.17, 15) is 4.79 Å². The largest absolute Gasteiger partial charge is 0.484 e. The van der Waals surface area contributed by atoms with Gasteiger partial charge in [-0.1, -0.05) is 30.3 Å². The highest BCUT2D eigenvalue weighted by Crippen LogP contribution is 2.25. The second kappa shape index (κ2) is 7.94. The minimum absolute atomic E-state index is 0.0268. The van der Waals surface area contributed by atoms with Crippen LogP contribution in [0.4, 0.5) is 0 Å². The summed E-state index contributed by atoms with van der Waals surface area (Å²) in [7, 11) is 1.78. The van der Waals surface area contributed by atoms with Crippen molar-refractivity contribution in [3.8, 4) is 16.3 Å². The van der Waals surface area contributed by atoms with E-state index in [1.807, 2.05) is 66.9 Å². The quantitative estimate of drug-likeness (QED) is 0.669. The smallest absolute Gasteiger partial charge is 0.260 e. The van der Waals surface area contributed by atoms with Crippen molar-refractivity contribution >= 4 is 17.2 Å². The van der Waals surface area contributed by atoms with Crippen molar-refractivity contribution in [2.24, 2.45) is 0 Å². The molecule has 0 saturated carbocycles. The average Bonchev–Trinajstić information content (AvgIpc) is 3.07. The number of aryl methyl sites for hydroxylation is 1. The van der Waals surface area contributed by atoms with Gasteiger partial charge >= 0.3 is 0 Å². The van der Waals surface area contributed by atoms with Gasteiger partial charge < -0.3 is 9.64 Å². The molecular formula is C20H20N2O2S. The molecule has 0 spiro atoms. The molecule has 0 unspecified atom stereocenters. The first-order valence-electron chi connectivity index (χ1n) is 8.05. The van der Waals surface area contributed by atoms with Gasteiger partial charge in [0.25, 0.3) is 5.91 Å². The summed E-state index contributed by atoms with van der Waals surface area (Å²) in [6, 6.07) is 17.6. The fraction of sp³-hybridized carbons (Fsp3) is 0.200. The average molecular weight is 352 g/mol. The van der Waals surface area contributed by atoms with Crippen molar-refractivity contribution in [3.63, 3.8) is 0 Å². The van der Waals surface area contributed by atoms with Crippen LogP contribution in [-0.2, 0) is 11.3 Å². The number of likely N-dealkylation sites (N-methyl/N-ethyl adjacent to an activating group) is 1. The maximum absolute atomic E-state index is 12.2. The zero-order valence-electron chi connectivity index (χ0n) is 14.3. The van der Waals surface area contributed by atoms with E-state index in [0.717, 1.165) is 21.8 Å². The number of nitrogens with zero attached hydrogens (tertiary/aromatic N) is 2. The normalized spacial score (nSPS) is 10.5. The van der Waals surface area contributed by atoms with Crippen LogP contribution >= 0.6 is 11.3 Å². The van der Waals surface area contributed by atoms with Gasteiger partial charge in [-0.25, -0.2) is 4.98 Å². The van der Waals surface area contributed by atoms with Gasteiger partial charge in [0.1, 0.15) is 10.8 Å². The number of amides is 1. The lowest BCUT2D eigenvalue weighted by atomic mass is 10.2. The Labute approximate surface area is 151 Å². The number of carbonyl (C=O) groups excluding carboxylic acids is 1. The number of rotatable bonds is 6. The molecule has 0 radical (unpaired) electrons. The number of thiazole rings is 1. The van der Waals surface area contributed by atoms with Gasteiger partial charge in [0.05, 0.1) is 0 Å². The number of ether oxygens (including phenoxy) is 1. The molecule has 0 aliphatic carbocycles. The van der Waals surface area contributed by atoms with Gasteiger partial charge in [0, 0.05) is 30.2 Å². The van der Waals surface area contributed by atoms with Crippen LogP contribution in [0.15, 0.2) is 60.0 Å². The Morgan fingerprint density at radius 3 is 2.48 bits per heavy atom. The lowest BCUT2D eigenvalue weighted by Crippen LogP contribution is -2.30. The number of benzene rings is 2. The first kappa shape index (κ1) is 17.2. The summed E-state index contributed by atoms with van der Waals surface area (Å²) in [6.45, 7) is 2.58. The summed E-state index contributed by atoms with van der Waals surface area (Å²) < 4.78 is 5.61. The number of hydrogen-bond acceptors (Lipinski definition) is 4. The number of hydrogen-bond donors (Lipinski definition) is 0. The molecule has 0 aliphatic heterocycles. The monoisotopic (exact) mass is 352 g/mol. The van der Waals surface area contributed by atoms with Gasteiger partial charge in [-0.3, -0.25) is 4.79 Å². The van der Waals surface area contributed by atoms with Crippen LogP contribution in [0.25, 0.3) is 10.6 Å². The lowest BCUT2D eigenvalue weighted by Gasteiger charge is -2.17. The van der Waals surface area contributed by atoms with E-state index in [1.165, 1.54) is 0 Å². The Bertz CT molecular complexity index is 828. The van der Waals surface area contributed by atoms with Gasteiger partial charge in [0.15, 0.2) is 6.61 Å². The number of carbonyl (C=O) groups is 1. The topological polar surface area (TPSA) is 42.4 Å². The Balaban J connectivity index is 1.53. The third-order valence-electron chi connectivity index (χ3n) is 3.77. The predicted octanol–water partition coefficient (Wildman–Crippen LogP) is 4.16. The summed E-state index contributed by atoms with van der Waals surface area (Å²) in [5, 5.41) is 3.02. The molecule has 0 aliphatic rings. The fourth-order valence-corrected chi connectivity index (χ4v) is 3.18. The predicted molar refractivity (Wildman–Crippen MR) is 101 cm³/mol. The maximum atomic E-state index is 12.2. The third-order valence-corrected chi connectivity index (χ3v) is 4.78. The molecule has 1 aromatic heterocycles. The van der Waals surface area contributed by atoms with E-state index in [4.69, 9.17) is 4.74 Å². The second-order valence-electron chi connectivity index (χ2n) is 5.84. The Morgan fingerprint density at radius 2 is 1.84 bits per heavy atom. The van der Waals surface area contributed by atoms with Crippen LogP contribution in [0.1, 0.15) is 11.3 Å². The van der Waals surface area contributed by atoms with E-state index in [-0.39, 0.29) is 12.5 Å². The molecule has 0 atom stereocenters. The van der Waals surface area contributed by atoms with Crippen LogP contribution in [0.3, 0.4) is 0 Å². The Kier molecular flexibility index (Phi) is 5.46. The van der Waals surface area contributed by atoms with Crippen molar-refractivity contribution in [2.75, 3.05) is 13.7 Å². The second-order valence-corrected chi connectivity index (χ2v) is 6.70. The Hall–Kier alpha value is -2.66. The maximum Gasteiger partial charge on any atom is 0.260 e. The van der Waals surface area contributed by atoms with E-state index in [1.54, 1.807) is 23.3 Å². The molecule has 0 fully saturated rings. The summed E-state index contributed by atoms with van der Waals surface area (Å²) in [5.74, 6) is 0.627. The van der Waals surface area contributed by atoms with E-state index >= 15 is 0 Å². The van der Waals surface area contributed by atoms with Gasteiger partial charge in [0.2, 0.25) is 0 Å². The summed E-state index contributed by atoms with van der Waals surface area (Å²) in [6.07, 6.45) is 0. The van der Waals surface area contributed by atoms with Crippen LogP contribution in [0.2, 0.25) is 0 Å². The lowest BCUT2D eigenvalue weighted by molar-refractivity contribution is -0.132. The SMILES string of the molecule is Cc1csc(-c2ccc(OCC(=O)N(C)Cc3ccccc3)cc2)n1. The zero-order valence-corrected chi connectivity index (χ0v) is 15.1. The number of aromatic nitrogens is 1. The molecule has 2 aromatic carbocycles. The molecule has 3 rings (SSSR count). The first-order valence-corrected chi connectivity index (χ1v) is 8.93. The minimum Gasteiger partial charge on any atom is -0.484 e. The molecule has 0 saturated heterocycles. The van der Waals surface area contributed by atoms with Crippen molar-refractivity contribution in [3.05, 3.63) is 71.2 Å². The third kappa shape index (κ3) is 4.67. The Morgan fingerprint density at radius 1 is 1.12 bits per heavy atom. The van der Waals surface area contributed by atoms with Crippen LogP contribution in [-0.4, -0.2) is 29.4 Å². The minimum atomic E-state index is -0.0523. The molecular weight excluding hydrogens is 332 g/mol. The first-order chi connectivity index (χ1) is 12.1. The molecule has 25 heavy (non-hydrogen) atoms. The highest BCUT2D eigenvalue weighted by atomic mass is 32.1. The molecule has 128 valence electrons. The molecule has 1 amide bonds. The fourth-order valence-electron chi connectivity index (χ4n) is 2.38. The molecule has 0 bridgehead atoms. The highest BCUT2D eigenvalue weighted by molar-refractivity contribution is 7.13. The molecule has 0 N–H and O–H groups in total. The van der Waals surface area contributed by atoms with Crippen molar-refractivity contribution in [1.29, 1.82) is 0 Å². The van der Waals surface area contributed by atoms with Crippen molar-refractivity contribution < 1.29 is 9.53 Å². The molecule has 5 heteroatoms.